The SMILES string of the molecule is CCN1CCC(=Cc2c(F)cc(-c3cn(C)c(=O)c4[nH]ncc34)cc2OC)CC1. The molecule has 0 radical (unpaired) electrons. The van der Waals surface area contributed by atoms with E-state index in [-0.39, 0.29) is 11.4 Å². The molecule has 1 fully saturated rings. The van der Waals surface area contributed by atoms with E-state index in [0.29, 0.717) is 27.8 Å². The lowest BCUT2D eigenvalue weighted by atomic mass is 9.97. The summed E-state index contributed by atoms with van der Waals surface area (Å²) in [7, 11) is 3.22. The first-order chi connectivity index (χ1) is 14.0. The van der Waals surface area contributed by atoms with Crippen molar-refractivity contribution in [3.05, 3.63) is 51.8 Å². The Hall–Kier alpha value is -2.93. The summed E-state index contributed by atoms with van der Waals surface area (Å²) < 4.78 is 22.2. The third-order valence-electron chi connectivity index (χ3n) is 5.70. The quantitative estimate of drug-likeness (QED) is 0.732. The van der Waals surface area contributed by atoms with E-state index in [0.717, 1.165) is 38.0 Å². The fourth-order valence-corrected chi connectivity index (χ4v) is 3.94. The molecule has 1 aliphatic rings. The Bertz CT molecular complexity index is 1140. The van der Waals surface area contributed by atoms with Crippen LogP contribution in [0.3, 0.4) is 0 Å². The van der Waals surface area contributed by atoms with Crippen molar-refractivity contribution in [3.63, 3.8) is 0 Å². The summed E-state index contributed by atoms with van der Waals surface area (Å²) in [5.41, 5.74) is 3.31. The summed E-state index contributed by atoms with van der Waals surface area (Å²) in [6.45, 7) is 5.20. The number of aryl methyl sites for hydroxylation is 1. The van der Waals surface area contributed by atoms with E-state index < -0.39 is 0 Å². The van der Waals surface area contributed by atoms with Gasteiger partial charge in [0.05, 0.1) is 18.9 Å². The second-order valence-electron chi connectivity index (χ2n) is 7.43. The van der Waals surface area contributed by atoms with E-state index in [2.05, 4.69) is 22.0 Å². The predicted molar refractivity (Wildman–Crippen MR) is 113 cm³/mol. The Labute approximate surface area is 168 Å². The van der Waals surface area contributed by atoms with Gasteiger partial charge in [0.25, 0.3) is 5.56 Å². The highest BCUT2D eigenvalue weighted by atomic mass is 19.1. The number of pyridine rings is 1. The van der Waals surface area contributed by atoms with Gasteiger partial charge in [0.2, 0.25) is 0 Å². The zero-order valence-corrected chi connectivity index (χ0v) is 17.0. The fourth-order valence-electron chi connectivity index (χ4n) is 3.94. The number of aromatic amines is 1. The molecule has 1 aliphatic heterocycles. The van der Waals surface area contributed by atoms with E-state index in [9.17, 15) is 4.79 Å². The Kier molecular flexibility index (Phi) is 5.24. The number of piperidine rings is 1. The zero-order chi connectivity index (χ0) is 20.5. The number of rotatable bonds is 4. The molecule has 0 bridgehead atoms. The molecule has 0 spiro atoms. The molecule has 152 valence electrons. The van der Waals surface area contributed by atoms with Crippen molar-refractivity contribution in [1.29, 1.82) is 0 Å². The fraction of sp³-hybridized carbons (Fsp3) is 0.364. The molecule has 1 saturated heterocycles. The molecule has 1 aromatic carbocycles. The molecule has 3 aromatic rings. The smallest absolute Gasteiger partial charge is 0.276 e. The summed E-state index contributed by atoms with van der Waals surface area (Å²) >= 11 is 0. The Morgan fingerprint density at radius 1 is 1.31 bits per heavy atom. The monoisotopic (exact) mass is 396 g/mol. The van der Waals surface area contributed by atoms with Gasteiger partial charge >= 0.3 is 0 Å². The van der Waals surface area contributed by atoms with Crippen LogP contribution in [0, 0.1) is 5.82 Å². The molecule has 0 atom stereocenters. The van der Waals surface area contributed by atoms with Crippen molar-refractivity contribution in [3.8, 4) is 16.9 Å². The highest BCUT2D eigenvalue weighted by Gasteiger charge is 2.18. The minimum atomic E-state index is -0.338. The number of ether oxygens (including phenoxy) is 1. The molecule has 3 heterocycles. The molecule has 0 amide bonds. The largest absolute Gasteiger partial charge is 0.496 e. The third kappa shape index (κ3) is 3.58. The number of likely N-dealkylation sites (tertiary alicyclic amines) is 1. The van der Waals surface area contributed by atoms with Crippen molar-refractivity contribution in [2.75, 3.05) is 26.7 Å². The van der Waals surface area contributed by atoms with E-state index >= 15 is 4.39 Å². The van der Waals surface area contributed by atoms with Crippen molar-refractivity contribution < 1.29 is 9.13 Å². The van der Waals surface area contributed by atoms with Crippen LogP contribution in [-0.4, -0.2) is 46.4 Å². The summed E-state index contributed by atoms with van der Waals surface area (Å²) in [6.07, 6.45) is 7.10. The lowest BCUT2D eigenvalue weighted by molar-refractivity contribution is 0.270. The van der Waals surface area contributed by atoms with Crippen LogP contribution < -0.4 is 10.3 Å². The molecular weight excluding hydrogens is 371 g/mol. The lowest BCUT2D eigenvalue weighted by Crippen LogP contribution is -2.30. The van der Waals surface area contributed by atoms with Crippen molar-refractivity contribution in [1.82, 2.24) is 19.7 Å². The molecule has 29 heavy (non-hydrogen) atoms. The van der Waals surface area contributed by atoms with Gasteiger partial charge < -0.3 is 14.2 Å². The maximum absolute atomic E-state index is 15.2. The highest BCUT2D eigenvalue weighted by molar-refractivity contribution is 5.94. The van der Waals surface area contributed by atoms with Crippen LogP contribution in [0.4, 0.5) is 4.39 Å². The van der Waals surface area contributed by atoms with Gasteiger partial charge in [-0.25, -0.2) is 4.39 Å². The number of nitrogens with zero attached hydrogens (tertiary/aromatic N) is 3. The average molecular weight is 396 g/mol. The van der Waals surface area contributed by atoms with Gasteiger partial charge in [-0.15, -0.1) is 0 Å². The Morgan fingerprint density at radius 3 is 2.76 bits per heavy atom. The van der Waals surface area contributed by atoms with Crippen molar-refractivity contribution in [2.24, 2.45) is 7.05 Å². The number of hydrogen-bond donors (Lipinski definition) is 1. The summed E-state index contributed by atoms with van der Waals surface area (Å²) in [5.74, 6) is 0.145. The van der Waals surface area contributed by atoms with E-state index in [1.807, 2.05) is 12.1 Å². The highest BCUT2D eigenvalue weighted by Crippen LogP contribution is 2.34. The summed E-state index contributed by atoms with van der Waals surface area (Å²) in [6, 6.07) is 3.32. The maximum Gasteiger partial charge on any atom is 0.276 e. The van der Waals surface area contributed by atoms with Gasteiger partial charge in [0.1, 0.15) is 17.1 Å². The second kappa shape index (κ2) is 7.83. The van der Waals surface area contributed by atoms with Crippen LogP contribution >= 0.6 is 0 Å². The van der Waals surface area contributed by atoms with Crippen LogP contribution in [0.1, 0.15) is 25.3 Å². The third-order valence-corrected chi connectivity index (χ3v) is 5.70. The van der Waals surface area contributed by atoms with E-state index in [4.69, 9.17) is 4.74 Å². The van der Waals surface area contributed by atoms with Gasteiger partial charge in [-0.05, 0) is 43.2 Å². The molecule has 0 unspecified atom stereocenters. The normalized spacial score (nSPS) is 15.1. The number of benzene rings is 1. The number of halogens is 1. The first kappa shape index (κ1) is 19.4. The number of nitrogens with one attached hydrogen (secondary N) is 1. The molecule has 0 aliphatic carbocycles. The van der Waals surface area contributed by atoms with Gasteiger partial charge in [-0.2, -0.15) is 5.10 Å². The van der Waals surface area contributed by atoms with Gasteiger partial charge in [0.15, 0.2) is 0 Å². The van der Waals surface area contributed by atoms with E-state index in [1.165, 1.54) is 16.2 Å². The molecule has 4 rings (SSSR count). The molecule has 1 N–H and O–H groups in total. The van der Waals surface area contributed by atoms with Gasteiger partial charge in [-0.3, -0.25) is 9.89 Å². The molecule has 6 nitrogen and oxygen atoms in total. The maximum atomic E-state index is 15.2. The number of methoxy groups -OCH3 is 1. The predicted octanol–water partition coefficient (Wildman–Crippen LogP) is 3.58. The van der Waals surface area contributed by atoms with Crippen molar-refractivity contribution in [2.45, 2.75) is 19.8 Å². The summed E-state index contributed by atoms with van der Waals surface area (Å²) in [4.78, 5) is 14.7. The summed E-state index contributed by atoms with van der Waals surface area (Å²) in [5, 5.41) is 7.38. The Morgan fingerprint density at radius 2 is 2.07 bits per heavy atom. The van der Waals surface area contributed by atoms with Crippen LogP contribution in [0.2, 0.25) is 0 Å². The standard InChI is InChI=1S/C22H25FN4O2/c1-4-27-7-5-14(6-8-27)9-16-19(23)10-15(11-20(16)29-3)18-13-26(2)22(28)21-17(18)12-24-25-21/h9-13H,4-8H2,1-3H3,(H,24,25). The lowest BCUT2D eigenvalue weighted by Gasteiger charge is -2.27. The zero-order valence-electron chi connectivity index (χ0n) is 17.0. The number of fused-ring (bicyclic) bond motifs is 1. The van der Waals surface area contributed by atoms with E-state index in [1.54, 1.807) is 26.6 Å². The van der Waals surface area contributed by atoms with Crippen LogP contribution in [-0.2, 0) is 7.05 Å². The minimum Gasteiger partial charge on any atom is -0.496 e. The van der Waals surface area contributed by atoms with Crippen LogP contribution in [0.5, 0.6) is 5.75 Å². The molecule has 7 heteroatoms. The molecule has 0 saturated carbocycles. The Balaban J connectivity index is 1.78. The first-order valence-corrected chi connectivity index (χ1v) is 9.84. The topological polar surface area (TPSA) is 63.2 Å². The number of hydrogen-bond acceptors (Lipinski definition) is 4. The first-order valence-electron chi connectivity index (χ1n) is 9.84. The second-order valence-corrected chi connectivity index (χ2v) is 7.43. The van der Waals surface area contributed by atoms with Gasteiger partial charge in [-0.1, -0.05) is 12.5 Å². The van der Waals surface area contributed by atoms with Crippen LogP contribution in [0.25, 0.3) is 28.1 Å². The van der Waals surface area contributed by atoms with Crippen LogP contribution in [0.15, 0.2) is 34.9 Å². The average Bonchev–Trinajstić information content (AvgIpc) is 3.22. The number of aromatic nitrogens is 3. The number of H-pyrrole nitrogens is 1. The minimum absolute atomic E-state index is 0.173. The van der Waals surface area contributed by atoms with Gasteiger partial charge in [0, 0.05) is 37.3 Å². The van der Waals surface area contributed by atoms with Crippen molar-refractivity contribution >= 4 is 17.0 Å². The molecule has 2 aromatic heterocycles. The molecular formula is C22H25FN4O2.